The van der Waals surface area contributed by atoms with Gasteiger partial charge in [0.15, 0.2) is 5.65 Å². The van der Waals surface area contributed by atoms with Crippen molar-refractivity contribution in [2.75, 3.05) is 23.3 Å². The first kappa shape index (κ1) is 22.7. The zero-order valence-corrected chi connectivity index (χ0v) is 20.6. The maximum absolute atomic E-state index is 15.5. The molecule has 3 aromatic heterocycles. The van der Waals surface area contributed by atoms with Crippen molar-refractivity contribution in [2.24, 2.45) is 21.1 Å². The summed E-state index contributed by atoms with van der Waals surface area (Å²) < 4.78 is 20.1. The number of aryl methyl sites for hydroxylation is 3. The lowest BCUT2D eigenvalue weighted by Gasteiger charge is -2.34. The molecule has 0 unspecified atom stereocenters. The number of piperidine rings is 1. The molecule has 2 N–H and O–H groups in total. The molecular weight excluding hydrogens is 463 g/mol. The molecule has 1 aromatic carbocycles. The lowest BCUT2D eigenvalue weighted by Crippen LogP contribution is -2.43. The van der Waals surface area contributed by atoms with E-state index < -0.39 is 17.3 Å². The maximum atomic E-state index is 15.5. The number of rotatable bonds is 5. The van der Waals surface area contributed by atoms with Crippen LogP contribution in [0.1, 0.15) is 36.0 Å². The molecule has 11 heteroatoms. The summed E-state index contributed by atoms with van der Waals surface area (Å²) in [7, 11) is 5.09. The molecule has 0 atom stereocenters. The minimum Gasteiger partial charge on any atom is -0.371 e. The Kier molecular flexibility index (Phi) is 5.32. The van der Waals surface area contributed by atoms with Gasteiger partial charge in [0.2, 0.25) is 0 Å². The standard InChI is InChI=1S/C25H29FN8O2/c1-31-12-14-10-19(25(36)33(3)23(14)30-31)28-24(35)21-18(26)11-20(17-13-32(2)29-22(17)21)34-8-6-16(7-9-34)27-15-4-5-15/h10-13,15-16,27H,4-9H2,1-3H3,(H,28,35). The molecule has 188 valence electrons. The number of anilines is 2. The Bertz CT molecular complexity index is 1560. The van der Waals surface area contributed by atoms with E-state index in [1.54, 1.807) is 42.8 Å². The van der Waals surface area contributed by atoms with E-state index >= 15 is 4.39 Å². The lowest BCUT2D eigenvalue weighted by atomic mass is 10.0. The van der Waals surface area contributed by atoms with Gasteiger partial charge in [-0.3, -0.25) is 23.5 Å². The van der Waals surface area contributed by atoms with Crippen molar-refractivity contribution in [1.82, 2.24) is 29.4 Å². The van der Waals surface area contributed by atoms with Crippen LogP contribution in [-0.4, -0.2) is 55.2 Å². The van der Waals surface area contributed by atoms with Gasteiger partial charge in [0.05, 0.1) is 5.69 Å². The van der Waals surface area contributed by atoms with Gasteiger partial charge in [-0.05, 0) is 37.8 Å². The normalized spacial score (nSPS) is 16.8. The van der Waals surface area contributed by atoms with Gasteiger partial charge in [0.1, 0.15) is 22.6 Å². The van der Waals surface area contributed by atoms with E-state index in [1.165, 1.54) is 23.5 Å². The number of carbonyl (C=O) groups is 1. The number of hydrogen-bond acceptors (Lipinski definition) is 6. The lowest BCUT2D eigenvalue weighted by molar-refractivity contribution is 0.102. The summed E-state index contributed by atoms with van der Waals surface area (Å²) in [6.07, 6.45) is 8.06. The third-order valence-corrected chi connectivity index (χ3v) is 7.19. The number of nitrogens with zero attached hydrogens (tertiary/aromatic N) is 6. The van der Waals surface area contributed by atoms with Crippen molar-refractivity contribution in [2.45, 2.75) is 37.8 Å². The molecule has 6 rings (SSSR count). The Morgan fingerprint density at radius 3 is 2.42 bits per heavy atom. The molecule has 36 heavy (non-hydrogen) atoms. The Labute approximate surface area is 206 Å². The van der Waals surface area contributed by atoms with Crippen LogP contribution in [-0.2, 0) is 21.1 Å². The SMILES string of the molecule is Cn1cc2c(N3CCC(NC4CC4)CC3)cc(F)c(C(=O)Nc3cc4cn(C)nc4n(C)c3=O)c2n1. The Morgan fingerprint density at radius 2 is 1.69 bits per heavy atom. The second kappa shape index (κ2) is 8.44. The van der Waals surface area contributed by atoms with Crippen molar-refractivity contribution >= 4 is 39.2 Å². The van der Waals surface area contributed by atoms with E-state index in [0.717, 1.165) is 31.6 Å². The number of nitrogens with one attached hydrogen (secondary N) is 2. The van der Waals surface area contributed by atoms with Gasteiger partial charge in [0.25, 0.3) is 11.5 Å². The third kappa shape index (κ3) is 3.93. The largest absolute Gasteiger partial charge is 0.371 e. The smallest absolute Gasteiger partial charge is 0.275 e. The minimum atomic E-state index is -0.713. The van der Waals surface area contributed by atoms with Crippen LogP contribution >= 0.6 is 0 Å². The van der Waals surface area contributed by atoms with Crippen molar-refractivity contribution in [3.05, 3.63) is 46.3 Å². The molecule has 1 aliphatic carbocycles. The molecule has 2 fully saturated rings. The summed E-state index contributed by atoms with van der Waals surface area (Å²) in [5.41, 5.74) is 0.978. The fourth-order valence-electron chi connectivity index (χ4n) is 5.22. The Balaban J connectivity index is 1.32. The highest BCUT2D eigenvalue weighted by molar-refractivity contribution is 6.14. The number of carbonyl (C=O) groups excluding carboxylic acids is 1. The van der Waals surface area contributed by atoms with Gasteiger partial charge in [-0.15, -0.1) is 0 Å². The van der Waals surface area contributed by atoms with Gasteiger partial charge in [0, 0.05) is 69.5 Å². The maximum Gasteiger partial charge on any atom is 0.275 e. The van der Waals surface area contributed by atoms with E-state index in [4.69, 9.17) is 0 Å². The summed E-state index contributed by atoms with van der Waals surface area (Å²) in [5, 5.41) is 16.4. The summed E-state index contributed by atoms with van der Waals surface area (Å²) in [4.78, 5) is 28.3. The zero-order chi connectivity index (χ0) is 25.1. The van der Waals surface area contributed by atoms with Gasteiger partial charge in [-0.2, -0.15) is 10.2 Å². The molecule has 4 aromatic rings. The highest BCUT2D eigenvalue weighted by Gasteiger charge is 2.29. The number of fused-ring (bicyclic) bond motifs is 2. The number of pyridine rings is 1. The molecule has 0 bridgehead atoms. The third-order valence-electron chi connectivity index (χ3n) is 7.19. The Hall–Kier alpha value is -3.73. The van der Waals surface area contributed by atoms with E-state index in [0.29, 0.717) is 28.5 Å². The van der Waals surface area contributed by atoms with E-state index in [9.17, 15) is 9.59 Å². The fraction of sp³-hybridized carbons (Fsp3) is 0.440. The van der Waals surface area contributed by atoms with Gasteiger partial charge in [-0.25, -0.2) is 4.39 Å². The van der Waals surface area contributed by atoms with Crippen molar-refractivity contribution < 1.29 is 9.18 Å². The summed E-state index contributed by atoms with van der Waals surface area (Å²) in [6.45, 7) is 1.61. The quantitative estimate of drug-likeness (QED) is 0.443. The number of aromatic nitrogens is 5. The van der Waals surface area contributed by atoms with E-state index in [-0.39, 0.29) is 16.8 Å². The van der Waals surface area contributed by atoms with E-state index in [1.807, 2.05) is 6.20 Å². The van der Waals surface area contributed by atoms with Gasteiger partial charge < -0.3 is 15.5 Å². The number of benzene rings is 1. The van der Waals surface area contributed by atoms with Crippen LogP contribution in [0, 0.1) is 5.82 Å². The van der Waals surface area contributed by atoms with Crippen molar-refractivity contribution in [3.63, 3.8) is 0 Å². The van der Waals surface area contributed by atoms with Crippen LogP contribution in [0.25, 0.3) is 21.9 Å². The van der Waals surface area contributed by atoms with Crippen LogP contribution in [0.5, 0.6) is 0 Å². The van der Waals surface area contributed by atoms with Gasteiger partial charge in [-0.1, -0.05) is 0 Å². The second-order valence-electron chi connectivity index (χ2n) is 9.98. The Morgan fingerprint density at radius 1 is 1.00 bits per heavy atom. The van der Waals surface area contributed by atoms with Crippen molar-refractivity contribution in [3.8, 4) is 0 Å². The highest BCUT2D eigenvalue weighted by atomic mass is 19.1. The van der Waals surface area contributed by atoms with E-state index in [2.05, 4.69) is 25.7 Å². The molecular formula is C25H29FN8O2. The molecule has 1 amide bonds. The predicted octanol–water partition coefficient (Wildman–Crippen LogP) is 2.27. The summed E-state index contributed by atoms with van der Waals surface area (Å²) in [5.74, 6) is -1.37. The first-order valence-electron chi connectivity index (χ1n) is 12.3. The van der Waals surface area contributed by atoms with Crippen LogP contribution in [0.2, 0.25) is 0 Å². The highest BCUT2D eigenvalue weighted by Crippen LogP contribution is 2.33. The van der Waals surface area contributed by atoms with Crippen molar-refractivity contribution in [1.29, 1.82) is 0 Å². The van der Waals surface area contributed by atoms with Crippen LogP contribution < -0.4 is 21.1 Å². The second-order valence-corrected chi connectivity index (χ2v) is 9.98. The molecule has 2 aliphatic rings. The van der Waals surface area contributed by atoms with Crippen LogP contribution in [0.4, 0.5) is 15.8 Å². The average Bonchev–Trinajstić information content (AvgIpc) is 3.45. The minimum absolute atomic E-state index is 0.0563. The monoisotopic (exact) mass is 492 g/mol. The molecule has 10 nitrogen and oxygen atoms in total. The zero-order valence-electron chi connectivity index (χ0n) is 20.6. The fourth-order valence-corrected chi connectivity index (χ4v) is 5.22. The first-order valence-corrected chi connectivity index (χ1v) is 12.3. The topological polar surface area (TPSA) is 102 Å². The number of halogens is 1. The summed E-state index contributed by atoms with van der Waals surface area (Å²) >= 11 is 0. The molecule has 1 saturated carbocycles. The number of amides is 1. The van der Waals surface area contributed by atoms with Gasteiger partial charge >= 0.3 is 0 Å². The molecule has 0 radical (unpaired) electrons. The number of hydrogen-bond donors (Lipinski definition) is 2. The molecule has 1 saturated heterocycles. The molecule has 1 aliphatic heterocycles. The van der Waals surface area contributed by atoms with Crippen LogP contribution in [0.3, 0.4) is 0 Å². The molecule has 0 spiro atoms. The average molecular weight is 493 g/mol. The van der Waals surface area contributed by atoms with Crippen LogP contribution in [0.15, 0.2) is 29.3 Å². The first-order chi connectivity index (χ1) is 17.3. The predicted molar refractivity (Wildman–Crippen MR) is 136 cm³/mol. The molecule has 4 heterocycles. The summed E-state index contributed by atoms with van der Waals surface area (Å²) in [6, 6.07) is 4.14.